The van der Waals surface area contributed by atoms with Crippen molar-refractivity contribution >= 4 is 50.6 Å². The fraction of sp³-hybridized carbons (Fsp3) is 0.455. The Morgan fingerprint density at radius 2 is 2.12 bits per heavy atom. The average molecular weight is 549 g/mol. The Morgan fingerprint density at radius 3 is 2.91 bits per heavy atom. The number of carbonyl (C=O) groups is 1. The zero-order chi connectivity index (χ0) is 23.8. The summed E-state index contributed by atoms with van der Waals surface area (Å²) >= 11 is 5.08. The Morgan fingerprint density at radius 1 is 1.32 bits per heavy atom. The third kappa shape index (κ3) is 4.41. The number of nitrogens with zero attached hydrogens (tertiary/aromatic N) is 5. The molecule has 1 aromatic carbocycles. The van der Waals surface area contributed by atoms with Gasteiger partial charge in [-0.25, -0.2) is 15.0 Å². The summed E-state index contributed by atoms with van der Waals surface area (Å²) in [4.78, 5) is 28.6. The van der Waals surface area contributed by atoms with Gasteiger partial charge in [-0.3, -0.25) is 4.79 Å². The van der Waals surface area contributed by atoms with Crippen LogP contribution in [-0.4, -0.2) is 60.9 Å². The van der Waals surface area contributed by atoms with Crippen LogP contribution in [0.3, 0.4) is 0 Å². The first-order valence-electron chi connectivity index (χ1n) is 11.1. The van der Waals surface area contributed by atoms with E-state index in [1.165, 1.54) is 25.0 Å². The summed E-state index contributed by atoms with van der Waals surface area (Å²) in [7, 11) is 0. The lowest BCUT2D eigenvalue weighted by molar-refractivity contribution is -0.143. The Kier molecular flexibility index (Phi) is 6.54. The van der Waals surface area contributed by atoms with Gasteiger partial charge in [0, 0.05) is 28.5 Å². The number of carbonyl (C=O) groups excluding carboxylic acids is 1. The van der Waals surface area contributed by atoms with Crippen LogP contribution in [0.5, 0.6) is 11.5 Å². The summed E-state index contributed by atoms with van der Waals surface area (Å²) in [6.07, 6.45) is 4.05. The number of benzene rings is 1. The maximum atomic E-state index is 12.6. The molecule has 2 aromatic heterocycles. The van der Waals surface area contributed by atoms with E-state index < -0.39 is 6.10 Å². The number of piperidine rings is 1. The molecule has 34 heavy (non-hydrogen) atoms. The number of imidazole rings is 1. The Hall–Kier alpha value is -2.57. The van der Waals surface area contributed by atoms with Crippen LogP contribution in [0.15, 0.2) is 33.0 Å². The van der Waals surface area contributed by atoms with E-state index in [1.54, 1.807) is 0 Å². The van der Waals surface area contributed by atoms with Gasteiger partial charge in [-0.1, -0.05) is 11.8 Å². The number of amides is 1. The minimum absolute atomic E-state index is 0.0441. The number of aliphatic hydroxyl groups is 1. The summed E-state index contributed by atoms with van der Waals surface area (Å²) in [5.41, 5.74) is 7.30. The molecule has 0 radical (unpaired) electrons. The van der Waals surface area contributed by atoms with Crippen molar-refractivity contribution in [2.45, 2.75) is 61.3 Å². The van der Waals surface area contributed by atoms with E-state index in [9.17, 15) is 9.90 Å². The number of nitrogen functional groups attached to an aromatic ring is 1. The number of rotatable bonds is 6. The molecule has 2 aliphatic rings. The molecule has 1 unspecified atom stereocenters. The van der Waals surface area contributed by atoms with Gasteiger partial charge in [0.2, 0.25) is 6.79 Å². The zero-order valence-corrected chi connectivity index (χ0v) is 21.0. The summed E-state index contributed by atoms with van der Waals surface area (Å²) < 4.78 is 13.9. The number of fused-ring (bicyclic) bond motifs is 2. The number of hydrogen-bond donors (Lipinski definition) is 2. The normalized spacial score (nSPS) is 18.4. The molecule has 1 amide bonds. The van der Waals surface area contributed by atoms with E-state index in [1.807, 2.05) is 21.6 Å². The van der Waals surface area contributed by atoms with Crippen LogP contribution < -0.4 is 15.2 Å². The van der Waals surface area contributed by atoms with Gasteiger partial charge in [0.05, 0.1) is 0 Å². The number of likely N-dealkylation sites (tertiary alicyclic amines) is 1. The quantitative estimate of drug-likeness (QED) is 0.476. The van der Waals surface area contributed by atoms with Gasteiger partial charge >= 0.3 is 0 Å². The summed E-state index contributed by atoms with van der Waals surface area (Å²) in [6, 6.07) is 3.84. The molecule has 0 saturated carbocycles. The predicted molar refractivity (Wildman–Crippen MR) is 130 cm³/mol. The highest BCUT2D eigenvalue weighted by molar-refractivity contribution is 9.10. The van der Waals surface area contributed by atoms with E-state index >= 15 is 0 Å². The molecular weight excluding hydrogens is 524 g/mol. The van der Waals surface area contributed by atoms with E-state index in [0.29, 0.717) is 53.1 Å². The van der Waals surface area contributed by atoms with Crippen molar-refractivity contribution in [1.82, 2.24) is 24.4 Å². The summed E-state index contributed by atoms with van der Waals surface area (Å²) in [6.45, 7) is 2.98. The molecule has 3 N–H and O–H groups in total. The second kappa shape index (κ2) is 9.59. The van der Waals surface area contributed by atoms with Gasteiger partial charge in [-0.15, -0.1) is 0 Å². The van der Waals surface area contributed by atoms with Crippen molar-refractivity contribution in [1.29, 1.82) is 0 Å². The van der Waals surface area contributed by atoms with Crippen molar-refractivity contribution in [3.63, 3.8) is 0 Å². The smallest absolute Gasteiger partial charge is 0.251 e. The Bertz CT molecular complexity index is 1240. The van der Waals surface area contributed by atoms with Crippen molar-refractivity contribution in [3.05, 3.63) is 22.9 Å². The fourth-order valence-electron chi connectivity index (χ4n) is 4.40. The molecule has 12 heteroatoms. The first-order valence-corrected chi connectivity index (χ1v) is 12.8. The molecule has 3 aromatic rings. The predicted octanol–water partition coefficient (Wildman–Crippen LogP) is 3.20. The van der Waals surface area contributed by atoms with Gasteiger partial charge in [-0.2, -0.15) is 0 Å². The van der Waals surface area contributed by atoms with Crippen LogP contribution in [0, 0.1) is 0 Å². The molecular formula is C22H25BrN6O4S. The summed E-state index contributed by atoms with van der Waals surface area (Å²) in [5, 5.41) is 10.6. The number of aromatic nitrogens is 4. The number of aryl methyl sites for hydroxylation is 1. The first-order chi connectivity index (χ1) is 16.4. The van der Waals surface area contributed by atoms with Crippen molar-refractivity contribution in [2.75, 3.05) is 19.1 Å². The van der Waals surface area contributed by atoms with Gasteiger partial charge in [0.25, 0.3) is 5.91 Å². The number of nitrogens with two attached hydrogens (primary N) is 1. The van der Waals surface area contributed by atoms with Crippen molar-refractivity contribution in [3.8, 4) is 11.5 Å². The van der Waals surface area contributed by atoms with Crippen LogP contribution in [0.25, 0.3) is 11.2 Å². The highest BCUT2D eigenvalue weighted by atomic mass is 79.9. The largest absolute Gasteiger partial charge is 0.454 e. The Labute approximate surface area is 209 Å². The molecule has 0 spiro atoms. The average Bonchev–Trinajstić information content (AvgIpc) is 3.42. The van der Waals surface area contributed by atoms with Crippen LogP contribution in [0.1, 0.15) is 32.6 Å². The third-order valence-corrected chi connectivity index (χ3v) is 8.08. The Balaban J connectivity index is 1.45. The lowest BCUT2D eigenvalue weighted by Gasteiger charge is -2.36. The van der Waals surface area contributed by atoms with Crippen LogP contribution in [0.2, 0.25) is 0 Å². The van der Waals surface area contributed by atoms with Gasteiger partial charge in [0.1, 0.15) is 12.4 Å². The maximum Gasteiger partial charge on any atom is 0.251 e. The van der Waals surface area contributed by atoms with Crippen molar-refractivity contribution in [2.24, 2.45) is 0 Å². The van der Waals surface area contributed by atoms with E-state index in [-0.39, 0.29) is 18.7 Å². The summed E-state index contributed by atoms with van der Waals surface area (Å²) in [5.74, 6) is 1.48. The zero-order valence-electron chi connectivity index (χ0n) is 18.6. The number of anilines is 1. The number of aliphatic hydroxyl groups excluding tert-OH is 1. The van der Waals surface area contributed by atoms with E-state index in [2.05, 4.69) is 25.9 Å². The lowest BCUT2D eigenvalue weighted by Crippen LogP contribution is -2.47. The molecule has 1 saturated heterocycles. The molecule has 1 fully saturated rings. The number of hydrogen-bond acceptors (Lipinski definition) is 9. The number of halogens is 1. The van der Waals surface area contributed by atoms with E-state index in [0.717, 1.165) is 28.6 Å². The van der Waals surface area contributed by atoms with E-state index in [4.69, 9.17) is 20.2 Å². The van der Waals surface area contributed by atoms with Gasteiger partial charge in [0.15, 0.2) is 33.6 Å². The second-order valence-electron chi connectivity index (χ2n) is 8.36. The topological polar surface area (TPSA) is 129 Å². The third-order valence-electron chi connectivity index (χ3n) is 6.11. The second-order valence-corrected chi connectivity index (χ2v) is 10.2. The SMILES string of the molecule is C[C@H](O)C(=O)N1CCCCC1CCn1c(Sc2cc3c(cc2Br)OCO3)nc2c(N)ncnc21. The van der Waals surface area contributed by atoms with Crippen LogP contribution >= 0.6 is 27.7 Å². The van der Waals surface area contributed by atoms with Gasteiger partial charge in [-0.05, 0) is 60.7 Å². The fourth-order valence-corrected chi connectivity index (χ4v) is 5.91. The molecule has 4 heterocycles. The highest BCUT2D eigenvalue weighted by Crippen LogP contribution is 2.43. The van der Waals surface area contributed by atoms with Crippen LogP contribution in [-0.2, 0) is 11.3 Å². The standard InChI is InChI=1S/C22H25BrN6O4S/c1-12(30)21(31)28-6-3-2-4-13(28)5-7-29-20-18(19(24)25-10-26-20)27-22(29)34-17-9-16-15(8-14(17)23)32-11-33-16/h8-10,12-13,30H,2-7,11H2,1H3,(H2,24,25,26)/t12-,13?/m0/s1. The molecule has 180 valence electrons. The maximum absolute atomic E-state index is 12.6. The number of ether oxygens (including phenoxy) is 2. The molecule has 2 aliphatic heterocycles. The molecule has 0 aliphatic carbocycles. The molecule has 5 rings (SSSR count). The van der Waals surface area contributed by atoms with Crippen molar-refractivity contribution < 1.29 is 19.4 Å². The highest BCUT2D eigenvalue weighted by Gasteiger charge is 2.29. The van der Waals surface area contributed by atoms with Crippen LogP contribution in [0.4, 0.5) is 5.82 Å². The molecule has 0 bridgehead atoms. The minimum Gasteiger partial charge on any atom is -0.454 e. The monoisotopic (exact) mass is 548 g/mol. The van der Waals surface area contributed by atoms with Gasteiger partial charge < -0.3 is 29.8 Å². The molecule has 10 nitrogen and oxygen atoms in total. The minimum atomic E-state index is -1.00. The lowest BCUT2D eigenvalue weighted by atomic mass is 9.98. The molecule has 2 atom stereocenters. The first kappa shape index (κ1) is 23.2.